The van der Waals surface area contributed by atoms with Crippen LogP contribution in [0.2, 0.25) is 0 Å². The van der Waals surface area contributed by atoms with Crippen molar-refractivity contribution in [1.29, 1.82) is 0 Å². The maximum atomic E-state index is 13.6. The lowest BCUT2D eigenvalue weighted by molar-refractivity contribution is -0.139. The van der Waals surface area contributed by atoms with Gasteiger partial charge in [0.2, 0.25) is 0 Å². The van der Waals surface area contributed by atoms with Crippen molar-refractivity contribution in [1.82, 2.24) is 5.32 Å². The minimum Gasteiger partial charge on any atom is -0.493 e. The Labute approximate surface area is 214 Å². The smallest absolute Gasteiger partial charge is 0.336 e. The Bertz CT molecular complexity index is 1180. The molecular formula is C31H37NO4. The lowest BCUT2D eigenvalue weighted by atomic mass is 9.68. The van der Waals surface area contributed by atoms with E-state index in [1.54, 1.807) is 0 Å². The number of hydrogen-bond acceptors (Lipinski definition) is 5. The molecular weight excluding hydrogens is 450 g/mol. The summed E-state index contributed by atoms with van der Waals surface area (Å²) in [4.78, 5) is 27.1. The summed E-state index contributed by atoms with van der Waals surface area (Å²) < 4.78 is 12.0. The van der Waals surface area contributed by atoms with Crippen molar-refractivity contribution in [3.05, 3.63) is 88.3 Å². The van der Waals surface area contributed by atoms with Gasteiger partial charge in [0.15, 0.2) is 5.78 Å². The number of dihydropyridines is 1. The van der Waals surface area contributed by atoms with Gasteiger partial charge in [-0.2, -0.15) is 0 Å². The van der Waals surface area contributed by atoms with Crippen LogP contribution >= 0.6 is 0 Å². The summed E-state index contributed by atoms with van der Waals surface area (Å²) in [5.74, 6) is -0.130. The number of hydrogen-bond donors (Lipinski definition) is 1. The Balaban J connectivity index is 1.70. The lowest BCUT2D eigenvalue weighted by Crippen LogP contribution is -2.38. The van der Waals surface area contributed by atoms with Crippen LogP contribution in [0, 0.1) is 5.41 Å². The van der Waals surface area contributed by atoms with Crippen LogP contribution in [0.1, 0.15) is 70.4 Å². The lowest BCUT2D eigenvalue weighted by Gasteiger charge is -2.39. The van der Waals surface area contributed by atoms with E-state index in [0.717, 1.165) is 41.8 Å². The first-order valence-electron chi connectivity index (χ1n) is 13.0. The zero-order chi connectivity index (χ0) is 25.7. The van der Waals surface area contributed by atoms with E-state index in [2.05, 4.69) is 26.1 Å². The molecule has 0 saturated carbocycles. The second kappa shape index (κ2) is 11.2. The molecule has 2 aliphatic rings. The van der Waals surface area contributed by atoms with Gasteiger partial charge in [0.25, 0.3) is 0 Å². The number of ketones is 1. The molecule has 0 amide bonds. The van der Waals surface area contributed by atoms with Crippen LogP contribution in [-0.2, 0) is 20.7 Å². The van der Waals surface area contributed by atoms with Crippen LogP contribution in [0.3, 0.4) is 0 Å². The maximum Gasteiger partial charge on any atom is 0.336 e. The molecule has 4 rings (SSSR count). The van der Waals surface area contributed by atoms with Crippen molar-refractivity contribution in [3.63, 3.8) is 0 Å². The number of allylic oxidation sites excluding steroid dienone is 3. The summed E-state index contributed by atoms with van der Waals surface area (Å²) in [6, 6.07) is 17.7. The van der Waals surface area contributed by atoms with E-state index in [4.69, 9.17) is 9.47 Å². The monoisotopic (exact) mass is 487 g/mol. The number of rotatable bonds is 9. The Hall–Kier alpha value is -3.34. The molecule has 2 aromatic rings. The maximum absolute atomic E-state index is 13.6. The third kappa shape index (κ3) is 5.72. The number of ether oxygens (including phenoxy) is 2. The first-order valence-corrected chi connectivity index (χ1v) is 13.0. The van der Waals surface area contributed by atoms with Crippen LogP contribution in [0.15, 0.2) is 77.1 Å². The number of Topliss-reactive ketones (excluding diaryl/α,β-unsaturated/α-hetero) is 1. The van der Waals surface area contributed by atoms with E-state index in [9.17, 15) is 9.59 Å². The number of unbranched alkanes of at least 4 members (excludes halogenated alkanes) is 1. The third-order valence-corrected chi connectivity index (χ3v) is 6.91. The molecule has 1 heterocycles. The molecule has 0 radical (unpaired) electrons. The molecule has 190 valence electrons. The minimum atomic E-state index is -0.521. The van der Waals surface area contributed by atoms with E-state index in [1.165, 1.54) is 0 Å². The summed E-state index contributed by atoms with van der Waals surface area (Å²) in [5.41, 5.74) is 4.60. The zero-order valence-electron chi connectivity index (χ0n) is 21.9. The zero-order valence-corrected chi connectivity index (χ0v) is 21.9. The van der Waals surface area contributed by atoms with E-state index >= 15 is 0 Å². The van der Waals surface area contributed by atoms with E-state index < -0.39 is 11.9 Å². The van der Waals surface area contributed by atoms with E-state index in [1.807, 2.05) is 61.5 Å². The molecule has 0 bridgehead atoms. The molecule has 0 fully saturated rings. The van der Waals surface area contributed by atoms with Gasteiger partial charge < -0.3 is 14.8 Å². The van der Waals surface area contributed by atoms with Crippen molar-refractivity contribution < 1.29 is 19.1 Å². The fourth-order valence-electron chi connectivity index (χ4n) is 5.18. The topological polar surface area (TPSA) is 64.6 Å². The van der Waals surface area contributed by atoms with Crippen molar-refractivity contribution >= 4 is 11.8 Å². The van der Waals surface area contributed by atoms with Gasteiger partial charge in [-0.3, -0.25) is 4.79 Å². The fourth-order valence-corrected chi connectivity index (χ4v) is 5.18. The Morgan fingerprint density at radius 2 is 1.75 bits per heavy atom. The molecule has 36 heavy (non-hydrogen) atoms. The number of benzene rings is 2. The third-order valence-electron chi connectivity index (χ3n) is 6.91. The number of carbonyl (C=O) groups excluding carboxylic acids is 2. The van der Waals surface area contributed by atoms with Gasteiger partial charge >= 0.3 is 5.97 Å². The second-order valence-corrected chi connectivity index (χ2v) is 10.5. The molecule has 0 aromatic heterocycles. The molecule has 1 aliphatic carbocycles. The van der Waals surface area contributed by atoms with Gasteiger partial charge in [0, 0.05) is 35.4 Å². The molecule has 5 nitrogen and oxygen atoms in total. The first kappa shape index (κ1) is 25.7. The predicted octanol–water partition coefficient (Wildman–Crippen LogP) is 6.26. The number of carbonyl (C=O) groups is 2. The van der Waals surface area contributed by atoms with Crippen LogP contribution in [0.25, 0.3) is 0 Å². The number of para-hydroxylation sites is 1. The van der Waals surface area contributed by atoms with E-state index in [0.29, 0.717) is 36.3 Å². The van der Waals surface area contributed by atoms with Gasteiger partial charge in [0.1, 0.15) is 5.75 Å². The highest BCUT2D eigenvalue weighted by Crippen LogP contribution is 2.48. The molecule has 1 N–H and O–H groups in total. The first-order chi connectivity index (χ1) is 17.3. The SMILES string of the molecule is CCCCOc1ccccc1[C@@H]1C(C(=O)OCCc2ccccc2)=C(C)NC2=C1C(=O)CC(C)(C)C2. The Kier molecular flexibility index (Phi) is 7.97. The molecule has 1 atom stereocenters. The summed E-state index contributed by atoms with van der Waals surface area (Å²) in [6.07, 6.45) is 3.78. The molecule has 5 heteroatoms. The Morgan fingerprint density at radius 3 is 2.50 bits per heavy atom. The summed E-state index contributed by atoms with van der Waals surface area (Å²) in [5, 5.41) is 3.41. The van der Waals surface area contributed by atoms with Gasteiger partial charge in [-0.1, -0.05) is 75.7 Å². The van der Waals surface area contributed by atoms with Crippen LogP contribution < -0.4 is 10.1 Å². The largest absolute Gasteiger partial charge is 0.493 e. The van der Waals surface area contributed by atoms with Gasteiger partial charge in [-0.15, -0.1) is 0 Å². The quantitative estimate of drug-likeness (QED) is 0.334. The van der Waals surface area contributed by atoms with E-state index in [-0.39, 0.29) is 17.8 Å². The number of nitrogens with one attached hydrogen (secondary N) is 1. The van der Waals surface area contributed by atoms with Crippen molar-refractivity contribution in [2.75, 3.05) is 13.2 Å². The van der Waals surface area contributed by atoms with Gasteiger partial charge in [-0.05, 0) is 36.8 Å². The Morgan fingerprint density at radius 1 is 1.03 bits per heavy atom. The van der Waals surface area contributed by atoms with Crippen molar-refractivity contribution in [2.24, 2.45) is 5.41 Å². The normalized spacial score (nSPS) is 19.0. The van der Waals surface area contributed by atoms with Crippen LogP contribution in [0.5, 0.6) is 5.75 Å². The highest BCUT2D eigenvalue weighted by Gasteiger charge is 2.44. The molecule has 2 aromatic carbocycles. The van der Waals surface area contributed by atoms with Gasteiger partial charge in [0.05, 0.1) is 24.7 Å². The predicted molar refractivity (Wildman–Crippen MR) is 142 cm³/mol. The highest BCUT2D eigenvalue weighted by molar-refractivity contribution is 6.04. The molecule has 0 unspecified atom stereocenters. The van der Waals surface area contributed by atoms with Crippen LogP contribution in [0.4, 0.5) is 0 Å². The average molecular weight is 488 g/mol. The standard InChI is InChI=1S/C31H37NO4/c1-5-6-17-35-26-15-11-10-14-23(26)28-27(30(34)36-18-16-22-12-8-7-9-13-22)21(2)32-24-19-31(3,4)20-25(33)29(24)28/h7-15,28,32H,5-6,16-20H2,1-4H3/t28-/m1/s1. The second-order valence-electron chi connectivity index (χ2n) is 10.5. The van der Waals surface area contributed by atoms with Crippen molar-refractivity contribution in [2.45, 2.75) is 65.7 Å². The molecule has 1 aliphatic heterocycles. The fraction of sp³-hybridized carbons (Fsp3) is 0.419. The molecule has 0 spiro atoms. The number of esters is 1. The average Bonchev–Trinajstić information content (AvgIpc) is 2.83. The van der Waals surface area contributed by atoms with Crippen molar-refractivity contribution in [3.8, 4) is 5.75 Å². The molecule has 0 saturated heterocycles. The van der Waals surface area contributed by atoms with Crippen LogP contribution in [-0.4, -0.2) is 25.0 Å². The summed E-state index contributed by atoms with van der Waals surface area (Å²) >= 11 is 0. The van der Waals surface area contributed by atoms with Gasteiger partial charge in [-0.25, -0.2) is 4.79 Å². The summed E-state index contributed by atoms with van der Waals surface area (Å²) in [7, 11) is 0. The minimum absolute atomic E-state index is 0.0733. The summed E-state index contributed by atoms with van der Waals surface area (Å²) in [6.45, 7) is 9.10. The highest BCUT2D eigenvalue weighted by atomic mass is 16.5.